The maximum absolute atomic E-state index is 2.32. The Morgan fingerprint density at radius 2 is 1.42 bits per heavy atom. The number of hydrogen-bond acceptors (Lipinski definition) is 0. The van der Waals surface area contributed by atoms with Crippen LogP contribution in [0.2, 0.25) is 0 Å². The minimum Gasteiger partial charge on any atom is -0.0622 e. The fourth-order valence-corrected chi connectivity index (χ4v) is 4.12. The van der Waals surface area contributed by atoms with Crippen LogP contribution >= 0.6 is 0 Å². The molecule has 0 radical (unpaired) electrons. The molecule has 0 aromatic heterocycles. The van der Waals surface area contributed by atoms with E-state index in [2.05, 4.69) is 85.8 Å². The molecule has 1 aliphatic carbocycles. The second-order valence-electron chi connectivity index (χ2n) is 6.63. The summed E-state index contributed by atoms with van der Waals surface area (Å²) in [7, 11) is 0. The number of rotatable bonds is 1. The molecule has 0 heterocycles. The molecule has 0 unspecified atom stereocenters. The summed E-state index contributed by atoms with van der Waals surface area (Å²) in [6, 6.07) is 28.6. The Kier molecular flexibility index (Phi) is 2.87. The molecule has 4 aromatic carbocycles. The summed E-state index contributed by atoms with van der Waals surface area (Å²) in [6.45, 7) is 2.27. The molecule has 0 bridgehead atoms. The van der Waals surface area contributed by atoms with Crippen molar-refractivity contribution in [3.05, 3.63) is 95.6 Å². The average molecular weight is 306 g/mol. The first kappa shape index (κ1) is 13.6. The third-order valence-electron chi connectivity index (χ3n) is 5.34. The van der Waals surface area contributed by atoms with Crippen LogP contribution in [-0.2, 0) is 6.42 Å². The summed E-state index contributed by atoms with van der Waals surface area (Å²) in [6.07, 6.45) is 1.04. The second-order valence-corrected chi connectivity index (χ2v) is 6.63. The highest BCUT2D eigenvalue weighted by Gasteiger charge is 2.23. The molecular weight excluding hydrogens is 288 g/mol. The SMILES string of the molecule is Cc1c(-c2ccccc2)ccc2c1Cc1ccc3ccccc3c1-2. The van der Waals surface area contributed by atoms with Gasteiger partial charge in [-0.25, -0.2) is 0 Å². The number of hydrogen-bond donors (Lipinski definition) is 0. The molecule has 0 atom stereocenters. The molecule has 0 fully saturated rings. The first-order valence-corrected chi connectivity index (χ1v) is 8.52. The molecule has 0 spiro atoms. The second kappa shape index (κ2) is 5.07. The molecular formula is C24H18. The molecule has 0 heteroatoms. The summed E-state index contributed by atoms with van der Waals surface area (Å²) in [4.78, 5) is 0. The first-order valence-electron chi connectivity index (χ1n) is 8.52. The van der Waals surface area contributed by atoms with Crippen LogP contribution in [-0.4, -0.2) is 0 Å². The van der Waals surface area contributed by atoms with Gasteiger partial charge in [-0.3, -0.25) is 0 Å². The Bertz CT molecular complexity index is 1070. The van der Waals surface area contributed by atoms with Crippen molar-refractivity contribution in [1.29, 1.82) is 0 Å². The van der Waals surface area contributed by atoms with Crippen LogP contribution in [0.5, 0.6) is 0 Å². The standard InChI is InChI=1S/C24H18/c1-16-20(17-7-3-2-4-8-17)13-14-22-23(16)15-19-12-11-18-9-5-6-10-21(18)24(19)22/h2-14H,15H2,1H3. The molecule has 24 heavy (non-hydrogen) atoms. The van der Waals surface area contributed by atoms with Gasteiger partial charge in [0.05, 0.1) is 0 Å². The van der Waals surface area contributed by atoms with E-state index in [-0.39, 0.29) is 0 Å². The van der Waals surface area contributed by atoms with Crippen molar-refractivity contribution >= 4 is 10.8 Å². The van der Waals surface area contributed by atoms with Gasteiger partial charge in [-0.05, 0) is 63.1 Å². The monoisotopic (exact) mass is 306 g/mol. The lowest BCUT2D eigenvalue weighted by molar-refractivity contribution is 1.22. The van der Waals surface area contributed by atoms with Gasteiger partial charge in [0.15, 0.2) is 0 Å². The normalized spacial score (nSPS) is 12.2. The Hall–Kier alpha value is -2.86. The molecule has 0 amide bonds. The highest BCUT2D eigenvalue weighted by atomic mass is 14.3. The van der Waals surface area contributed by atoms with Gasteiger partial charge >= 0.3 is 0 Å². The zero-order valence-corrected chi connectivity index (χ0v) is 13.7. The van der Waals surface area contributed by atoms with E-state index in [1.165, 1.54) is 49.7 Å². The lowest BCUT2D eigenvalue weighted by Gasteiger charge is -2.12. The molecule has 5 rings (SSSR count). The molecule has 4 aromatic rings. The third-order valence-corrected chi connectivity index (χ3v) is 5.34. The van der Waals surface area contributed by atoms with Gasteiger partial charge in [-0.2, -0.15) is 0 Å². The predicted octanol–water partition coefficient (Wildman–Crippen LogP) is 6.39. The van der Waals surface area contributed by atoms with Crippen molar-refractivity contribution in [2.24, 2.45) is 0 Å². The number of fused-ring (bicyclic) bond motifs is 5. The predicted molar refractivity (Wildman–Crippen MR) is 102 cm³/mol. The van der Waals surface area contributed by atoms with Gasteiger partial charge in [0.2, 0.25) is 0 Å². The summed E-state index contributed by atoms with van der Waals surface area (Å²) in [5.74, 6) is 0. The average Bonchev–Trinajstić information content (AvgIpc) is 3.03. The van der Waals surface area contributed by atoms with Crippen LogP contribution in [0.15, 0.2) is 78.9 Å². The van der Waals surface area contributed by atoms with E-state index in [9.17, 15) is 0 Å². The van der Waals surface area contributed by atoms with Crippen molar-refractivity contribution in [2.75, 3.05) is 0 Å². The summed E-state index contributed by atoms with van der Waals surface area (Å²) < 4.78 is 0. The van der Waals surface area contributed by atoms with Crippen LogP contribution in [0.1, 0.15) is 16.7 Å². The zero-order valence-electron chi connectivity index (χ0n) is 13.7. The minimum atomic E-state index is 1.04. The van der Waals surface area contributed by atoms with E-state index >= 15 is 0 Å². The molecule has 0 nitrogen and oxygen atoms in total. The van der Waals surface area contributed by atoms with E-state index in [1.54, 1.807) is 0 Å². The molecule has 0 saturated heterocycles. The smallest absolute Gasteiger partial charge is 0.00104 e. The maximum atomic E-state index is 2.32. The van der Waals surface area contributed by atoms with Crippen LogP contribution in [0.4, 0.5) is 0 Å². The van der Waals surface area contributed by atoms with E-state index in [1.807, 2.05) is 0 Å². The lowest BCUT2D eigenvalue weighted by atomic mass is 9.92. The van der Waals surface area contributed by atoms with Crippen LogP contribution in [0, 0.1) is 6.92 Å². The largest absolute Gasteiger partial charge is 0.0622 e. The van der Waals surface area contributed by atoms with E-state index < -0.39 is 0 Å². The summed E-state index contributed by atoms with van der Waals surface area (Å²) >= 11 is 0. The van der Waals surface area contributed by atoms with Crippen LogP contribution in [0.3, 0.4) is 0 Å². The van der Waals surface area contributed by atoms with Crippen molar-refractivity contribution < 1.29 is 0 Å². The van der Waals surface area contributed by atoms with Crippen LogP contribution < -0.4 is 0 Å². The maximum Gasteiger partial charge on any atom is -0.00104 e. The van der Waals surface area contributed by atoms with E-state index in [0.717, 1.165) is 6.42 Å². The number of benzene rings is 4. The van der Waals surface area contributed by atoms with Gasteiger partial charge in [0.25, 0.3) is 0 Å². The summed E-state index contributed by atoms with van der Waals surface area (Å²) in [5, 5.41) is 2.70. The highest BCUT2D eigenvalue weighted by Crippen LogP contribution is 2.44. The van der Waals surface area contributed by atoms with Gasteiger partial charge in [0.1, 0.15) is 0 Å². The molecule has 0 aliphatic heterocycles. The third kappa shape index (κ3) is 1.86. The zero-order chi connectivity index (χ0) is 16.1. The quantitative estimate of drug-likeness (QED) is 0.337. The van der Waals surface area contributed by atoms with Crippen molar-refractivity contribution in [3.8, 4) is 22.3 Å². The minimum absolute atomic E-state index is 1.04. The molecule has 0 N–H and O–H groups in total. The van der Waals surface area contributed by atoms with Gasteiger partial charge in [-0.1, -0.05) is 78.9 Å². The Morgan fingerprint density at radius 3 is 2.29 bits per heavy atom. The van der Waals surface area contributed by atoms with Gasteiger partial charge in [-0.15, -0.1) is 0 Å². The topological polar surface area (TPSA) is 0 Å². The van der Waals surface area contributed by atoms with Gasteiger partial charge < -0.3 is 0 Å². The Labute approximate surface area is 142 Å². The Balaban J connectivity index is 1.77. The summed E-state index contributed by atoms with van der Waals surface area (Å²) in [5.41, 5.74) is 9.87. The van der Waals surface area contributed by atoms with E-state index in [4.69, 9.17) is 0 Å². The van der Waals surface area contributed by atoms with E-state index in [0.29, 0.717) is 0 Å². The molecule has 1 aliphatic rings. The fraction of sp³-hybridized carbons (Fsp3) is 0.0833. The van der Waals surface area contributed by atoms with Gasteiger partial charge in [0, 0.05) is 0 Å². The van der Waals surface area contributed by atoms with Crippen molar-refractivity contribution in [1.82, 2.24) is 0 Å². The molecule has 114 valence electrons. The lowest BCUT2D eigenvalue weighted by Crippen LogP contribution is -1.91. The highest BCUT2D eigenvalue weighted by molar-refractivity contribution is 6.01. The first-order chi connectivity index (χ1) is 11.8. The molecule has 0 saturated carbocycles. The Morgan fingerprint density at radius 1 is 0.667 bits per heavy atom. The van der Waals surface area contributed by atoms with Crippen molar-refractivity contribution in [3.63, 3.8) is 0 Å². The van der Waals surface area contributed by atoms with Crippen molar-refractivity contribution in [2.45, 2.75) is 13.3 Å². The van der Waals surface area contributed by atoms with Crippen LogP contribution in [0.25, 0.3) is 33.0 Å². The fourth-order valence-electron chi connectivity index (χ4n) is 4.12.